The van der Waals surface area contributed by atoms with Gasteiger partial charge < -0.3 is 21.6 Å². The van der Waals surface area contributed by atoms with Crippen LogP contribution >= 0.6 is 0 Å². The van der Waals surface area contributed by atoms with Gasteiger partial charge in [-0.15, -0.1) is 0 Å². The van der Waals surface area contributed by atoms with Crippen LogP contribution in [0.3, 0.4) is 0 Å². The van der Waals surface area contributed by atoms with Crippen molar-refractivity contribution in [1.29, 1.82) is 5.41 Å². The number of aliphatic hydroxyl groups excluding tert-OH is 1. The maximum Gasteiger partial charge on any atom is 0.152 e. The molecule has 0 aromatic carbocycles. The molecular weight excluding hydrogens is 328 g/mol. The van der Waals surface area contributed by atoms with Crippen LogP contribution in [-0.2, 0) is 0 Å². The molecule has 1 aliphatic heterocycles. The van der Waals surface area contributed by atoms with Crippen molar-refractivity contribution in [2.75, 3.05) is 12.3 Å². The van der Waals surface area contributed by atoms with Crippen molar-refractivity contribution in [1.82, 2.24) is 19.9 Å². The quantitative estimate of drug-likeness (QED) is 0.429. The fraction of sp³-hybridized carbons (Fsp3) is 0.526. The molecule has 5 N–H and O–H groups in total. The minimum atomic E-state index is 0.0871. The molecule has 3 rings (SSSR count). The van der Waals surface area contributed by atoms with Crippen LogP contribution in [0.25, 0.3) is 5.52 Å². The molecule has 0 bridgehead atoms. The number of nitrogens with two attached hydrogens (primary N) is 1. The standard InChI is InChI=1S/C19H28N6O/c1-2-3-4-5-6-7-15(20)14-10-17(16-9-8-13(11-26)24-16)25-18(14)19(21)22-12-23-25/h6-7,10,12-13,16,20,24,26H,2-5,8-9,11H2,1H3,(H2,21,22,23)/b7-6-,20-15?/t13-,16+/m0/s1. The van der Waals surface area contributed by atoms with Crippen molar-refractivity contribution >= 4 is 17.0 Å². The Bertz CT molecular complexity index is 797. The Morgan fingerprint density at radius 2 is 2.31 bits per heavy atom. The number of nitrogens with zero attached hydrogens (tertiary/aromatic N) is 3. The van der Waals surface area contributed by atoms with Crippen molar-refractivity contribution < 1.29 is 5.11 Å². The minimum absolute atomic E-state index is 0.0871. The van der Waals surface area contributed by atoms with E-state index in [0.29, 0.717) is 17.0 Å². The molecule has 1 fully saturated rings. The Balaban J connectivity index is 1.89. The second-order valence-corrected chi connectivity index (χ2v) is 6.88. The zero-order valence-electron chi connectivity index (χ0n) is 15.3. The summed E-state index contributed by atoms with van der Waals surface area (Å²) in [4.78, 5) is 4.11. The molecule has 7 heteroatoms. The number of unbranched alkanes of at least 4 members (excludes halogenated alkanes) is 3. The zero-order valence-corrected chi connectivity index (χ0v) is 15.3. The van der Waals surface area contributed by atoms with Gasteiger partial charge in [0.2, 0.25) is 0 Å². The lowest BCUT2D eigenvalue weighted by Crippen LogP contribution is -2.28. The van der Waals surface area contributed by atoms with Gasteiger partial charge in [-0.3, -0.25) is 0 Å². The highest BCUT2D eigenvalue weighted by atomic mass is 16.3. The van der Waals surface area contributed by atoms with Crippen molar-refractivity contribution in [3.63, 3.8) is 0 Å². The number of aromatic nitrogens is 3. The van der Waals surface area contributed by atoms with Gasteiger partial charge in [0, 0.05) is 17.6 Å². The van der Waals surface area contributed by atoms with Gasteiger partial charge in [0.1, 0.15) is 11.8 Å². The maximum absolute atomic E-state index is 9.38. The summed E-state index contributed by atoms with van der Waals surface area (Å²) in [5.74, 6) is 0.377. The number of allylic oxidation sites excluding steroid dienone is 2. The van der Waals surface area contributed by atoms with Crippen LogP contribution in [-0.4, -0.2) is 38.1 Å². The summed E-state index contributed by atoms with van der Waals surface area (Å²) in [5, 5.41) is 25.6. The van der Waals surface area contributed by atoms with Gasteiger partial charge in [0.05, 0.1) is 18.0 Å². The first-order chi connectivity index (χ1) is 12.7. The van der Waals surface area contributed by atoms with E-state index >= 15 is 0 Å². The summed E-state index contributed by atoms with van der Waals surface area (Å²) in [7, 11) is 0. The van der Waals surface area contributed by atoms with Gasteiger partial charge in [-0.25, -0.2) is 9.50 Å². The molecule has 2 aromatic rings. The molecule has 7 nitrogen and oxygen atoms in total. The molecule has 2 aromatic heterocycles. The average Bonchev–Trinajstić information content (AvgIpc) is 3.26. The molecule has 1 aliphatic rings. The number of anilines is 1. The summed E-state index contributed by atoms with van der Waals surface area (Å²) in [5.41, 5.74) is 8.91. The highest BCUT2D eigenvalue weighted by Crippen LogP contribution is 2.31. The van der Waals surface area contributed by atoms with Crippen molar-refractivity contribution in [2.45, 2.75) is 57.5 Å². The SMILES string of the molecule is CCCCC/C=C\C(=N)c1cc([C@H]2CC[C@@H](CO)N2)n2ncnc(N)c12. The lowest BCUT2D eigenvalue weighted by molar-refractivity contribution is 0.251. The number of nitrogen functional groups attached to an aromatic ring is 1. The Hall–Kier alpha value is -2.25. The molecule has 2 atom stereocenters. The minimum Gasteiger partial charge on any atom is -0.395 e. The predicted molar refractivity (Wildman–Crippen MR) is 103 cm³/mol. The summed E-state index contributed by atoms with van der Waals surface area (Å²) in [6.07, 6.45) is 11.7. The Labute approximate surface area is 153 Å². The third kappa shape index (κ3) is 3.78. The van der Waals surface area contributed by atoms with Crippen LogP contribution in [0, 0.1) is 5.41 Å². The highest BCUT2D eigenvalue weighted by molar-refractivity contribution is 6.12. The molecule has 0 radical (unpaired) electrons. The van der Waals surface area contributed by atoms with Crippen molar-refractivity contribution in [2.24, 2.45) is 0 Å². The van der Waals surface area contributed by atoms with Crippen LogP contribution in [0.5, 0.6) is 0 Å². The summed E-state index contributed by atoms with van der Waals surface area (Å²) >= 11 is 0. The fourth-order valence-corrected chi connectivity index (χ4v) is 3.55. The predicted octanol–water partition coefficient (Wildman–Crippen LogP) is 2.60. The molecule has 0 spiro atoms. The van der Waals surface area contributed by atoms with E-state index in [-0.39, 0.29) is 18.7 Å². The van der Waals surface area contributed by atoms with Gasteiger partial charge >= 0.3 is 0 Å². The van der Waals surface area contributed by atoms with E-state index in [0.717, 1.165) is 36.9 Å². The first-order valence-corrected chi connectivity index (χ1v) is 9.40. The van der Waals surface area contributed by atoms with E-state index in [9.17, 15) is 5.11 Å². The summed E-state index contributed by atoms with van der Waals surface area (Å²) < 4.78 is 1.79. The summed E-state index contributed by atoms with van der Waals surface area (Å²) in [6.45, 7) is 2.31. The number of rotatable bonds is 8. The van der Waals surface area contributed by atoms with E-state index in [2.05, 4.69) is 28.4 Å². The second-order valence-electron chi connectivity index (χ2n) is 6.88. The van der Waals surface area contributed by atoms with Gasteiger partial charge in [-0.2, -0.15) is 5.10 Å². The van der Waals surface area contributed by atoms with E-state index in [1.165, 1.54) is 19.2 Å². The molecule has 3 heterocycles. The first-order valence-electron chi connectivity index (χ1n) is 9.40. The average molecular weight is 356 g/mol. The largest absolute Gasteiger partial charge is 0.395 e. The maximum atomic E-state index is 9.38. The van der Waals surface area contributed by atoms with E-state index in [1.54, 1.807) is 4.52 Å². The number of fused-ring (bicyclic) bond motifs is 1. The number of aliphatic hydroxyl groups is 1. The van der Waals surface area contributed by atoms with Crippen LogP contribution in [0.1, 0.15) is 62.7 Å². The van der Waals surface area contributed by atoms with Gasteiger partial charge in [0.25, 0.3) is 0 Å². The van der Waals surface area contributed by atoms with E-state index < -0.39 is 0 Å². The fourth-order valence-electron chi connectivity index (χ4n) is 3.55. The molecule has 0 saturated carbocycles. The van der Waals surface area contributed by atoms with E-state index in [1.807, 2.05) is 12.1 Å². The van der Waals surface area contributed by atoms with Gasteiger partial charge in [-0.05, 0) is 37.8 Å². The number of hydrogen-bond donors (Lipinski definition) is 4. The molecule has 0 aliphatic carbocycles. The first kappa shape index (κ1) is 18.5. The van der Waals surface area contributed by atoms with E-state index in [4.69, 9.17) is 11.1 Å². The number of hydrogen-bond acceptors (Lipinski definition) is 6. The summed E-state index contributed by atoms with van der Waals surface area (Å²) in [6, 6.07) is 2.17. The van der Waals surface area contributed by atoms with Crippen LogP contribution in [0.4, 0.5) is 5.82 Å². The van der Waals surface area contributed by atoms with Crippen LogP contribution < -0.4 is 11.1 Å². The third-order valence-electron chi connectivity index (χ3n) is 4.98. The Morgan fingerprint density at radius 3 is 3.04 bits per heavy atom. The van der Waals surface area contributed by atoms with Crippen LogP contribution in [0.15, 0.2) is 24.5 Å². The highest BCUT2D eigenvalue weighted by Gasteiger charge is 2.28. The normalized spacial score (nSPS) is 20.4. The van der Waals surface area contributed by atoms with Gasteiger partial charge in [-0.1, -0.05) is 25.8 Å². The molecule has 26 heavy (non-hydrogen) atoms. The monoisotopic (exact) mass is 356 g/mol. The molecule has 140 valence electrons. The molecular formula is C19H28N6O. The third-order valence-corrected chi connectivity index (χ3v) is 4.98. The Kier molecular flexibility index (Phi) is 6.00. The molecule has 0 unspecified atom stereocenters. The lowest BCUT2D eigenvalue weighted by Gasteiger charge is -2.12. The molecule has 0 amide bonds. The Morgan fingerprint density at radius 1 is 1.46 bits per heavy atom. The van der Waals surface area contributed by atoms with Gasteiger partial charge in [0.15, 0.2) is 5.82 Å². The smallest absolute Gasteiger partial charge is 0.152 e. The molecule has 1 saturated heterocycles. The number of nitrogens with one attached hydrogen (secondary N) is 2. The zero-order chi connectivity index (χ0) is 18.5. The second kappa shape index (κ2) is 8.42. The lowest BCUT2D eigenvalue weighted by atomic mass is 10.1. The van der Waals surface area contributed by atoms with Crippen molar-refractivity contribution in [3.05, 3.63) is 35.8 Å². The van der Waals surface area contributed by atoms with Crippen molar-refractivity contribution in [3.8, 4) is 0 Å². The van der Waals surface area contributed by atoms with Crippen LogP contribution in [0.2, 0.25) is 0 Å². The topological polar surface area (TPSA) is 112 Å².